The summed E-state index contributed by atoms with van der Waals surface area (Å²) in [4.78, 5) is 6.87. The Kier molecular flexibility index (Phi) is 5.00. The van der Waals surface area contributed by atoms with E-state index in [4.69, 9.17) is 0 Å². The lowest BCUT2D eigenvalue weighted by Gasteiger charge is -2.26. The topological polar surface area (TPSA) is 48.4 Å². The summed E-state index contributed by atoms with van der Waals surface area (Å²) in [6.07, 6.45) is 1.83. The number of benzene rings is 2. The number of anilines is 2. The number of aromatic nitrogens is 1. The minimum Gasteiger partial charge on any atom is -0.508 e. The van der Waals surface area contributed by atoms with Gasteiger partial charge >= 0.3 is 0 Å². The third-order valence-corrected chi connectivity index (χ3v) is 5.70. The van der Waals surface area contributed by atoms with Gasteiger partial charge in [0.1, 0.15) is 5.75 Å². The third kappa shape index (κ3) is 3.79. The standard InChI is InChI=1S/C21H23N3OS/c1-15-2-4-18-19(6-7-22-20(18)12-15)23-17-3-5-21(25)16(13-17)14-24-8-10-26-11-9-24/h2-7,12-13,25H,8-11,14H2,1H3,(H,22,23). The van der Waals surface area contributed by atoms with Gasteiger partial charge in [-0.15, -0.1) is 0 Å². The van der Waals surface area contributed by atoms with Crippen molar-refractivity contribution in [3.63, 3.8) is 0 Å². The molecule has 0 radical (unpaired) electrons. The highest BCUT2D eigenvalue weighted by atomic mass is 32.2. The van der Waals surface area contributed by atoms with Gasteiger partial charge in [-0.05, 0) is 42.8 Å². The minimum absolute atomic E-state index is 0.365. The molecule has 0 saturated carbocycles. The number of pyridine rings is 1. The van der Waals surface area contributed by atoms with Crippen molar-refractivity contribution in [2.45, 2.75) is 13.5 Å². The van der Waals surface area contributed by atoms with E-state index in [0.717, 1.165) is 47.5 Å². The number of hydrogen-bond acceptors (Lipinski definition) is 5. The zero-order valence-electron chi connectivity index (χ0n) is 14.9. The number of phenolic OH excluding ortho intramolecular Hbond substituents is 1. The molecule has 134 valence electrons. The fourth-order valence-corrected chi connectivity index (χ4v) is 4.29. The number of aryl methyl sites for hydroxylation is 1. The summed E-state index contributed by atoms with van der Waals surface area (Å²) >= 11 is 2.00. The summed E-state index contributed by atoms with van der Waals surface area (Å²) < 4.78 is 0. The Labute approximate surface area is 158 Å². The number of thioether (sulfide) groups is 1. The van der Waals surface area contributed by atoms with Crippen molar-refractivity contribution in [2.24, 2.45) is 0 Å². The SMILES string of the molecule is Cc1ccc2c(Nc3ccc(O)c(CN4CCSCC4)c3)ccnc2c1. The number of fused-ring (bicyclic) bond motifs is 1. The number of nitrogens with zero attached hydrogens (tertiary/aromatic N) is 2. The van der Waals surface area contributed by atoms with Crippen LogP contribution in [0.5, 0.6) is 5.75 Å². The maximum absolute atomic E-state index is 10.3. The normalized spacial score (nSPS) is 15.3. The molecule has 0 bridgehead atoms. The van der Waals surface area contributed by atoms with Crippen LogP contribution in [0, 0.1) is 6.92 Å². The molecule has 5 heteroatoms. The molecule has 0 unspecified atom stereocenters. The first-order valence-electron chi connectivity index (χ1n) is 8.93. The Morgan fingerprint density at radius 1 is 1.12 bits per heavy atom. The average molecular weight is 366 g/mol. The molecule has 2 N–H and O–H groups in total. The van der Waals surface area contributed by atoms with Crippen molar-refractivity contribution in [1.29, 1.82) is 0 Å². The van der Waals surface area contributed by atoms with Gasteiger partial charge in [-0.1, -0.05) is 12.1 Å². The van der Waals surface area contributed by atoms with Crippen LogP contribution in [0.25, 0.3) is 10.9 Å². The van der Waals surface area contributed by atoms with E-state index in [1.807, 2.05) is 30.1 Å². The van der Waals surface area contributed by atoms with Gasteiger partial charge in [-0.2, -0.15) is 11.8 Å². The molecule has 2 heterocycles. The van der Waals surface area contributed by atoms with Crippen LogP contribution in [0.3, 0.4) is 0 Å². The largest absolute Gasteiger partial charge is 0.508 e. The highest BCUT2D eigenvalue weighted by Gasteiger charge is 2.13. The maximum atomic E-state index is 10.3. The Balaban J connectivity index is 1.59. The number of hydrogen-bond donors (Lipinski definition) is 2. The predicted octanol–water partition coefficient (Wildman–Crippen LogP) is 4.54. The van der Waals surface area contributed by atoms with Gasteiger partial charge in [0, 0.05) is 59.7 Å². The molecule has 4 nitrogen and oxygen atoms in total. The lowest BCUT2D eigenvalue weighted by Crippen LogP contribution is -2.31. The second kappa shape index (κ2) is 7.56. The highest BCUT2D eigenvalue weighted by molar-refractivity contribution is 7.99. The molecule has 0 amide bonds. The van der Waals surface area contributed by atoms with Crippen LogP contribution in [-0.2, 0) is 6.54 Å². The number of aromatic hydroxyl groups is 1. The Hall–Kier alpha value is -2.24. The summed E-state index contributed by atoms with van der Waals surface area (Å²) in [6.45, 7) is 5.02. The van der Waals surface area contributed by atoms with Crippen molar-refractivity contribution in [3.05, 3.63) is 59.8 Å². The van der Waals surface area contributed by atoms with E-state index >= 15 is 0 Å². The zero-order valence-corrected chi connectivity index (χ0v) is 15.7. The molecule has 1 saturated heterocycles. The number of nitrogens with one attached hydrogen (secondary N) is 1. The fraction of sp³-hybridized carbons (Fsp3) is 0.286. The van der Waals surface area contributed by atoms with Crippen molar-refractivity contribution in [2.75, 3.05) is 29.9 Å². The lowest BCUT2D eigenvalue weighted by atomic mass is 10.1. The Bertz CT molecular complexity index is 922. The number of phenols is 1. The molecule has 1 aromatic heterocycles. The molecular formula is C21H23N3OS. The Morgan fingerprint density at radius 2 is 1.96 bits per heavy atom. The summed E-state index contributed by atoms with van der Waals surface area (Å²) in [6, 6.07) is 14.1. The fourth-order valence-electron chi connectivity index (χ4n) is 3.31. The van der Waals surface area contributed by atoms with E-state index < -0.39 is 0 Å². The lowest BCUT2D eigenvalue weighted by molar-refractivity contribution is 0.289. The van der Waals surface area contributed by atoms with E-state index in [-0.39, 0.29) is 0 Å². The first kappa shape index (κ1) is 17.2. The van der Waals surface area contributed by atoms with Crippen molar-refractivity contribution >= 4 is 34.0 Å². The van der Waals surface area contributed by atoms with Crippen LogP contribution in [0.4, 0.5) is 11.4 Å². The van der Waals surface area contributed by atoms with Gasteiger partial charge in [-0.3, -0.25) is 9.88 Å². The Morgan fingerprint density at radius 3 is 2.81 bits per heavy atom. The highest BCUT2D eigenvalue weighted by Crippen LogP contribution is 2.29. The molecule has 3 aromatic rings. The van der Waals surface area contributed by atoms with Gasteiger partial charge in [0.05, 0.1) is 5.52 Å². The molecule has 26 heavy (non-hydrogen) atoms. The van der Waals surface area contributed by atoms with E-state index in [1.165, 1.54) is 17.1 Å². The zero-order chi connectivity index (χ0) is 17.9. The van der Waals surface area contributed by atoms with Crippen LogP contribution in [-0.4, -0.2) is 39.6 Å². The quantitative estimate of drug-likeness (QED) is 0.665. The van der Waals surface area contributed by atoms with Crippen molar-refractivity contribution < 1.29 is 5.11 Å². The van der Waals surface area contributed by atoms with Crippen LogP contribution < -0.4 is 5.32 Å². The molecule has 0 atom stereocenters. The van der Waals surface area contributed by atoms with E-state index in [9.17, 15) is 5.11 Å². The summed E-state index contributed by atoms with van der Waals surface area (Å²) in [7, 11) is 0. The summed E-state index contributed by atoms with van der Waals surface area (Å²) in [5.41, 5.74) is 5.17. The molecule has 1 fully saturated rings. The smallest absolute Gasteiger partial charge is 0.120 e. The van der Waals surface area contributed by atoms with Crippen molar-refractivity contribution in [1.82, 2.24) is 9.88 Å². The molecule has 2 aromatic carbocycles. The van der Waals surface area contributed by atoms with Crippen molar-refractivity contribution in [3.8, 4) is 5.75 Å². The third-order valence-electron chi connectivity index (χ3n) is 4.75. The summed E-state index contributed by atoms with van der Waals surface area (Å²) in [5, 5.41) is 14.9. The van der Waals surface area contributed by atoms with E-state index in [1.54, 1.807) is 6.07 Å². The molecule has 0 aliphatic carbocycles. The number of rotatable bonds is 4. The molecule has 1 aliphatic rings. The second-order valence-corrected chi connectivity index (χ2v) is 7.96. The van der Waals surface area contributed by atoms with E-state index in [2.05, 4.69) is 46.4 Å². The summed E-state index contributed by atoms with van der Waals surface area (Å²) in [5.74, 6) is 2.70. The van der Waals surface area contributed by atoms with Crippen LogP contribution in [0.15, 0.2) is 48.7 Å². The first-order valence-corrected chi connectivity index (χ1v) is 10.1. The van der Waals surface area contributed by atoms with E-state index in [0.29, 0.717) is 5.75 Å². The van der Waals surface area contributed by atoms with Gasteiger partial charge in [-0.25, -0.2) is 0 Å². The molecule has 0 spiro atoms. The second-order valence-electron chi connectivity index (χ2n) is 6.74. The molecule has 1 aliphatic heterocycles. The van der Waals surface area contributed by atoms with Crippen LogP contribution in [0.1, 0.15) is 11.1 Å². The first-order chi connectivity index (χ1) is 12.7. The van der Waals surface area contributed by atoms with Gasteiger partial charge in [0.15, 0.2) is 0 Å². The maximum Gasteiger partial charge on any atom is 0.120 e. The van der Waals surface area contributed by atoms with Crippen LogP contribution in [0.2, 0.25) is 0 Å². The van der Waals surface area contributed by atoms with Gasteiger partial charge in [0.2, 0.25) is 0 Å². The molecule has 4 rings (SSSR count). The van der Waals surface area contributed by atoms with Gasteiger partial charge < -0.3 is 10.4 Å². The van der Waals surface area contributed by atoms with Crippen LogP contribution >= 0.6 is 11.8 Å². The average Bonchev–Trinajstić information content (AvgIpc) is 2.65. The van der Waals surface area contributed by atoms with Gasteiger partial charge in [0.25, 0.3) is 0 Å². The minimum atomic E-state index is 0.365. The monoisotopic (exact) mass is 365 g/mol. The molecular weight excluding hydrogens is 342 g/mol. The predicted molar refractivity (Wildman–Crippen MR) is 110 cm³/mol.